The maximum absolute atomic E-state index is 13.2. The number of pyridine rings is 1. The molecular formula is C24H29N7O3. The van der Waals surface area contributed by atoms with Gasteiger partial charge in [-0.15, -0.1) is 0 Å². The Morgan fingerprint density at radius 3 is 2.82 bits per heavy atom. The first kappa shape index (κ1) is 22.1. The summed E-state index contributed by atoms with van der Waals surface area (Å²) in [6, 6.07) is 5.28. The molecule has 3 aromatic heterocycles. The average Bonchev–Trinajstić information content (AvgIpc) is 3.40. The number of aromatic nitrogens is 4. The first-order valence-corrected chi connectivity index (χ1v) is 11.5. The molecule has 2 N–H and O–H groups in total. The third-order valence-electron chi connectivity index (χ3n) is 6.58. The number of amides is 4. The van der Waals surface area contributed by atoms with Crippen LogP contribution >= 0.6 is 0 Å². The zero-order valence-corrected chi connectivity index (χ0v) is 19.6. The van der Waals surface area contributed by atoms with Crippen LogP contribution in [-0.2, 0) is 16.1 Å². The van der Waals surface area contributed by atoms with Crippen LogP contribution in [-0.4, -0.2) is 54.0 Å². The highest BCUT2D eigenvalue weighted by atomic mass is 16.2. The Bertz CT molecular complexity index is 1240. The number of carbonyl (C=O) groups excluding carboxylic acids is 3. The fourth-order valence-electron chi connectivity index (χ4n) is 5.74. The second-order valence-corrected chi connectivity index (χ2v) is 10.4. The van der Waals surface area contributed by atoms with Crippen LogP contribution in [0.4, 0.5) is 10.5 Å². The molecule has 2 aliphatic rings. The fourth-order valence-corrected chi connectivity index (χ4v) is 5.74. The fraction of sp³-hybridized carbons (Fsp3) is 0.458. The quantitative estimate of drug-likeness (QED) is 0.565. The number of fused-ring (bicyclic) bond motifs is 1. The maximum atomic E-state index is 13.2. The van der Waals surface area contributed by atoms with E-state index in [1.807, 2.05) is 35.0 Å². The summed E-state index contributed by atoms with van der Waals surface area (Å²) < 4.78 is 3.60. The summed E-state index contributed by atoms with van der Waals surface area (Å²) in [5, 5.41) is 9.92. The van der Waals surface area contributed by atoms with Gasteiger partial charge in [0.2, 0.25) is 5.91 Å². The van der Waals surface area contributed by atoms with Gasteiger partial charge in [-0.2, -0.15) is 5.10 Å². The minimum Gasteiger partial charge on any atom is -0.323 e. The molecule has 2 atom stereocenters. The molecule has 178 valence electrons. The number of nitrogens with zero attached hydrogens (tertiary/aromatic N) is 5. The van der Waals surface area contributed by atoms with Crippen molar-refractivity contribution in [2.24, 2.45) is 11.3 Å². The summed E-state index contributed by atoms with van der Waals surface area (Å²) in [7, 11) is 0. The van der Waals surface area contributed by atoms with E-state index in [0.717, 1.165) is 22.7 Å². The Morgan fingerprint density at radius 1 is 1.24 bits per heavy atom. The minimum absolute atomic E-state index is 0.0611. The highest BCUT2D eigenvalue weighted by Crippen LogP contribution is 2.46. The highest BCUT2D eigenvalue weighted by molar-refractivity contribution is 6.10. The van der Waals surface area contributed by atoms with E-state index >= 15 is 0 Å². The predicted octanol–water partition coefficient (Wildman–Crippen LogP) is 2.65. The number of hydrogen-bond donors (Lipinski definition) is 2. The molecule has 5 rings (SSSR count). The van der Waals surface area contributed by atoms with E-state index in [1.54, 1.807) is 10.9 Å². The smallest absolute Gasteiger partial charge is 0.323 e. The molecule has 4 amide bonds. The molecule has 10 nitrogen and oxygen atoms in total. The SMILES string of the molecule is CC1CC(C)(C)CC2(C1)NC(=O)N(CC(=O)Nc1cnn(Cc3cn4ccccc4n3)c1)C2=O. The number of hydrogen-bond acceptors (Lipinski definition) is 5. The zero-order chi connectivity index (χ0) is 24.1. The van der Waals surface area contributed by atoms with Crippen LogP contribution in [0.5, 0.6) is 0 Å². The maximum Gasteiger partial charge on any atom is 0.325 e. The lowest BCUT2D eigenvalue weighted by Gasteiger charge is -2.43. The van der Waals surface area contributed by atoms with Gasteiger partial charge in [0, 0.05) is 18.6 Å². The first-order chi connectivity index (χ1) is 16.1. The average molecular weight is 464 g/mol. The number of imidazole rings is 1. The Balaban J connectivity index is 1.22. The molecule has 2 fully saturated rings. The summed E-state index contributed by atoms with van der Waals surface area (Å²) in [4.78, 5) is 44.1. The third-order valence-corrected chi connectivity index (χ3v) is 6.58. The van der Waals surface area contributed by atoms with Gasteiger partial charge in [0.1, 0.15) is 17.7 Å². The topological polar surface area (TPSA) is 114 Å². The highest BCUT2D eigenvalue weighted by Gasteiger charge is 2.56. The van der Waals surface area contributed by atoms with Gasteiger partial charge in [-0.1, -0.05) is 26.8 Å². The molecule has 1 saturated heterocycles. The summed E-state index contributed by atoms with van der Waals surface area (Å²) >= 11 is 0. The van der Waals surface area contributed by atoms with E-state index in [2.05, 4.69) is 41.5 Å². The molecule has 0 radical (unpaired) electrons. The molecule has 10 heteroatoms. The van der Waals surface area contributed by atoms with Crippen LogP contribution in [0.15, 0.2) is 43.0 Å². The molecule has 1 spiro atoms. The van der Waals surface area contributed by atoms with Crippen molar-refractivity contribution in [3.63, 3.8) is 0 Å². The lowest BCUT2D eigenvalue weighted by Crippen LogP contribution is -2.54. The Morgan fingerprint density at radius 2 is 2.06 bits per heavy atom. The van der Waals surface area contributed by atoms with Gasteiger partial charge in [0.05, 0.1) is 24.1 Å². The molecule has 34 heavy (non-hydrogen) atoms. The van der Waals surface area contributed by atoms with Crippen molar-refractivity contribution in [1.29, 1.82) is 0 Å². The summed E-state index contributed by atoms with van der Waals surface area (Å²) in [6.07, 6.45) is 9.24. The molecule has 1 saturated carbocycles. The Hall–Kier alpha value is -3.69. The number of anilines is 1. The molecule has 0 aromatic carbocycles. The van der Waals surface area contributed by atoms with Crippen LogP contribution < -0.4 is 10.6 Å². The molecule has 0 bridgehead atoms. The van der Waals surface area contributed by atoms with Gasteiger partial charge in [0.15, 0.2) is 0 Å². The van der Waals surface area contributed by atoms with Crippen LogP contribution in [0, 0.1) is 11.3 Å². The number of rotatable bonds is 5. The summed E-state index contributed by atoms with van der Waals surface area (Å²) in [5.41, 5.74) is 1.19. The van der Waals surface area contributed by atoms with Gasteiger partial charge in [0.25, 0.3) is 5.91 Å². The largest absolute Gasteiger partial charge is 0.325 e. The zero-order valence-electron chi connectivity index (χ0n) is 19.6. The van der Waals surface area contributed by atoms with Crippen molar-refractivity contribution in [3.05, 3.63) is 48.7 Å². The lowest BCUT2D eigenvalue weighted by molar-refractivity contribution is -0.136. The van der Waals surface area contributed by atoms with Crippen LogP contribution in [0.25, 0.3) is 5.65 Å². The molecular weight excluding hydrogens is 434 g/mol. The van der Waals surface area contributed by atoms with Crippen LogP contribution in [0.2, 0.25) is 0 Å². The van der Waals surface area contributed by atoms with Gasteiger partial charge < -0.3 is 15.0 Å². The summed E-state index contributed by atoms with van der Waals surface area (Å²) in [6.45, 7) is 6.44. The number of carbonyl (C=O) groups is 3. The van der Waals surface area contributed by atoms with Crippen molar-refractivity contribution in [3.8, 4) is 0 Å². The van der Waals surface area contributed by atoms with E-state index in [4.69, 9.17) is 0 Å². The number of nitrogens with one attached hydrogen (secondary N) is 2. The van der Waals surface area contributed by atoms with Gasteiger partial charge in [-0.25, -0.2) is 9.78 Å². The van der Waals surface area contributed by atoms with Crippen LogP contribution in [0.1, 0.15) is 45.7 Å². The number of imide groups is 1. The standard InChI is InChI=1S/C24H29N7O3/c1-16-8-23(2,3)15-24(9-16)21(33)31(22(34)28-24)14-20(32)27-17-10-25-30(12-17)13-18-11-29-7-5-4-6-19(29)26-18/h4-7,10-12,16H,8-9,13-15H2,1-3H3,(H,27,32)(H,28,34). The second-order valence-electron chi connectivity index (χ2n) is 10.4. The molecule has 1 aliphatic heterocycles. The molecule has 2 unspecified atom stereocenters. The Labute approximate surface area is 197 Å². The molecule has 1 aliphatic carbocycles. The minimum atomic E-state index is -0.919. The van der Waals surface area contributed by atoms with E-state index in [1.165, 1.54) is 6.20 Å². The van der Waals surface area contributed by atoms with Crippen molar-refractivity contribution in [2.45, 2.75) is 52.1 Å². The first-order valence-electron chi connectivity index (χ1n) is 11.5. The number of urea groups is 1. The lowest BCUT2D eigenvalue weighted by atomic mass is 9.64. The van der Waals surface area contributed by atoms with Crippen molar-refractivity contribution < 1.29 is 14.4 Å². The normalized spacial score (nSPS) is 24.1. The second kappa shape index (κ2) is 7.96. The van der Waals surface area contributed by atoms with Gasteiger partial charge >= 0.3 is 6.03 Å². The van der Waals surface area contributed by atoms with Crippen molar-refractivity contribution in [2.75, 3.05) is 11.9 Å². The predicted molar refractivity (Wildman–Crippen MR) is 125 cm³/mol. The van der Waals surface area contributed by atoms with Crippen molar-refractivity contribution >= 4 is 29.2 Å². The van der Waals surface area contributed by atoms with Gasteiger partial charge in [-0.05, 0) is 42.7 Å². The van der Waals surface area contributed by atoms with Crippen LogP contribution in [0.3, 0.4) is 0 Å². The third kappa shape index (κ3) is 4.15. The molecule has 4 heterocycles. The summed E-state index contributed by atoms with van der Waals surface area (Å²) in [5.74, 6) is -0.453. The van der Waals surface area contributed by atoms with E-state index in [9.17, 15) is 14.4 Å². The monoisotopic (exact) mass is 463 g/mol. The van der Waals surface area contributed by atoms with E-state index in [0.29, 0.717) is 31.0 Å². The Kier molecular flexibility index (Phi) is 5.18. The van der Waals surface area contributed by atoms with Crippen molar-refractivity contribution in [1.82, 2.24) is 29.4 Å². The van der Waals surface area contributed by atoms with E-state index in [-0.39, 0.29) is 17.9 Å². The van der Waals surface area contributed by atoms with E-state index < -0.39 is 17.5 Å². The molecule has 3 aromatic rings. The van der Waals surface area contributed by atoms with Gasteiger partial charge in [-0.3, -0.25) is 19.2 Å².